The van der Waals surface area contributed by atoms with E-state index in [1.165, 1.54) is 5.56 Å². The number of unbranched alkanes of at least 4 members (excludes halogenated alkanes) is 4. The third-order valence-electron chi connectivity index (χ3n) is 6.01. The second-order valence-corrected chi connectivity index (χ2v) is 8.85. The molecule has 1 aromatic carbocycles. The first-order valence-corrected chi connectivity index (χ1v) is 12.3. The van der Waals surface area contributed by atoms with Crippen LogP contribution < -0.4 is 16.4 Å². The highest BCUT2D eigenvalue weighted by Crippen LogP contribution is 2.08. The Morgan fingerprint density at radius 1 is 0.970 bits per heavy atom. The van der Waals surface area contributed by atoms with Crippen LogP contribution in [0.4, 0.5) is 0 Å². The molecule has 1 atom stereocenters. The number of nitrogens with two attached hydrogens (primary N) is 1. The molecule has 0 unspecified atom stereocenters. The van der Waals surface area contributed by atoms with Crippen LogP contribution in [0.15, 0.2) is 30.3 Å². The lowest BCUT2D eigenvalue weighted by molar-refractivity contribution is -0.131. The van der Waals surface area contributed by atoms with E-state index in [0.717, 1.165) is 71.4 Å². The van der Waals surface area contributed by atoms with Crippen molar-refractivity contribution in [1.82, 2.24) is 20.4 Å². The summed E-state index contributed by atoms with van der Waals surface area (Å²) >= 11 is 0. The van der Waals surface area contributed by atoms with Crippen molar-refractivity contribution in [3.05, 3.63) is 35.9 Å². The minimum Gasteiger partial charge on any atom is -0.370 e. The Kier molecular flexibility index (Phi) is 12.5. The monoisotopic (exact) mass is 459 g/mol. The molecule has 0 aromatic heterocycles. The molecule has 8 nitrogen and oxygen atoms in total. The van der Waals surface area contributed by atoms with Crippen molar-refractivity contribution < 1.29 is 14.4 Å². The minimum atomic E-state index is -0.909. The van der Waals surface area contributed by atoms with E-state index >= 15 is 0 Å². The zero-order valence-corrected chi connectivity index (χ0v) is 20.1. The number of hydrogen-bond acceptors (Lipinski definition) is 5. The first-order chi connectivity index (χ1) is 16.0. The van der Waals surface area contributed by atoms with Crippen molar-refractivity contribution in [2.75, 3.05) is 39.3 Å². The average Bonchev–Trinajstić information content (AvgIpc) is 2.80. The molecule has 8 heteroatoms. The lowest BCUT2D eigenvalue weighted by atomic mass is 10.1. The summed E-state index contributed by atoms with van der Waals surface area (Å²) in [5.41, 5.74) is 6.61. The van der Waals surface area contributed by atoms with Crippen LogP contribution in [0.3, 0.4) is 0 Å². The van der Waals surface area contributed by atoms with Gasteiger partial charge in [0.15, 0.2) is 0 Å². The van der Waals surface area contributed by atoms with Gasteiger partial charge < -0.3 is 16.4 Å². The highest BCUT2D eigenvalue weighted by atomic mass is 16.2. The van der Waals surface area contributed by atoms with E-state index < -0.39 is 11.9 Å². The fraction of sp³-hybridized carbons (Fsp3) is 0.640. The van der Waals surface area contributed by atoms with Gasteiger partial charge in [-0.15, -0.1) is 0 Å². The molecule has 1 heterocycles. The third kappa shape index (κ3) is 11.3. The van der Waals surface area contributed by atoms with Gasteiger partial charge in [-0.1, -0.05) is 62.9 Å². The van der Waals surface area contributed by atoms with Crippen LogP contribution in [0.1, 0.15) is 57.4 Å². The van der Waals surface area contributed by atoms with E-state index in [9.17, 15) is 14.4 Å². The molecule has 2 rings (SSSR count). The summed E-state index contributed by atoms with van der Waals surface area (Å²) in [6, 6.07) is 9.55. The number of carbonyl (C=O) groups is 3. The maximum atomic E-state index is 12.6. The summed E-state index contributed by atoms with van der Waals surface area (Å²) in [7, 11) is 0. The predicted octanol–water partition coefficient (Wildman–Crippen LogP) is 1.64. The fourth-order valence-corrected chi connectivity index (χ4v) is 4.04. The highest BCUT2D eigenvalue weighted by molar-refractivity contribution is 5.91. The summed E-state index contributed by atoms with van der Waals surface area (Å²) in [5.74, 6) is -1.16. The first-order valence-electron chi connectivity index (χ1n) is 12.3. The largest absolute Gasteiger partial charge is 0.370 e. The minimum absolute atomic E-state index is 0.189. The summed E-state index contributed by atoms with van der Waals surface area (Å²) in [6.07, 6.45) is 5.37. The number of carbonyl (C=O) groups excluding carboxylic acids is 3. The van der Waals surface area contributed by atoms with E-state index in [2.05, 4.69) is 51.6 Å². The van der Waals surface area contributed by atoms with Gasteiger partial charge >= 0.3 is 0 Å². The maximum absolute atomic E-state index is 12.6. The molecule has 1 aliphatic heterocycles. The molecule has 184 valence electrons. The smallest absolute Gasteiger partial charge is 0.243 e. The van der Waals surface area contributed by atoms with Gasteiger partial charge in [-0.3, -0.25) is 24.2 Å². The molecule has 1 fully saturated rings. The molecule has 1 aliphatic rings. The molecule has 0 bridgehead atoms. The summed E-state index contributed by atoms with van der Waals surface area (Å²) in [4.78, 5) is 40.9. The van der Waals surface area contributed by atoms with E-state index in [4.69, 9.17) is 5.73 Å². The van der Waals surface area contributed by atoms with Gasteiger partial charge in [0.05, 0.1) is 6.42 Å². The van der Waals surface area contributed by atoms with E-state index in [1.54, 1.807) is 0 Å². The van der Waals surface area contributed by atoms with Gasteiger partial charge in [0, 0.05) is 52.2 Å². The molecule has 0 radical (unpaired) electrons. The zero-order valence-electron chi connectivity index (χ0n) is 20.1. The number of rotatable bonds is 15. The van der Waals surface area contributed by atoms with Crippen molar-refractivity contribution in [3.8, 4) is 0 Å². The van der Waals surface area contributed by atoms with Gasteiger partial charge in [-0.05, 0) is 12.0 Å². The quantitative estimate of drug-likeness (QED) is 0.346. The Labute approximate surface area is 198 Å². The SMILES string of the molecule is CCCCCCCC(=O)N[C@H](CC(N)=O)C(=O)NCCN1CCN(Cc2ccccc2)CC1. The Bertz CT molecular complexity index is 720. The topological polar surface area (TPSA) is 108 Å². The normalized spacial score (nSPS) is 15.7. The standard InChI is InChI=1S/C25H41N5O3/c1-2-3-4-5-9-12-24(32)28-22(19-23(26)31)25(33)27-13-14-29-15-17-30(18-16-29)20-21-10-7-6-8-11-21/h6-8,10-11,22H,2-5,9,12-20H2,1H3,(H2,26,31)(H,27,33)(H,28,32)/t22-/m1/s1. The zero-order chi connectivity index (χ0) is 23.9. The number of hydrogen-bond donors (Lipinski definition) is 3. The summed E-state index contributed by atoms with van der Waals surface area (Å²) in [6.45, 7) is 8.18. The second-order valence-electron chi connectivity index (χ2n) is 8.85. The fourth-order valence-electron chi connectivity index (χ4n) is 4.04. The Morgan fingerprint density at radius 2 is 1.64 bits per heavy atom. The first kappa shape index (κ1) is 26.8. The van der Waals surface area contributed by atoms with Crippen LogP contribution in [-0.2, 0) is 20.9 Å². The maximum Gasteiger partial charge on any atom is 0.243 e. The lowest BCUT2D eigenvalue weighted by Gasteiger charge is -2.34. The Hall–Kier alpha value is -2.45. The molecular formula is C25H41N5O3. The van der Waals surface area contributed by atoms with Crippen molar-refractivity contribution in [1.29, 1.82) is 0 Å². The summed E-state index contributed by atoms with van der Waals surface area (Å²) in [5, 5.41) is 5.54. The number of amides is 3. The molecule has 33 heavy (non-hydrogen) atoms. The van der Waals surface area contributed by atoms with E-state index in [1.807, 2.05) is 6.07 Å². The lowest BCUT2D eigenvalue weighted by Crippen LogP contribution is -2.51. The van der Waals surface area contributed by atoms with Crippen LogP contribution >= 0.6 is 0 Å². The molecule has 1 saturated heterocycles. The van der Waals surface area contributed by atoms with Crippen molar-refractivity contribution >= 4 is 17.7 Å². The molecule has 0 spiro atoms. The van der Waals surface area contributed by atoms with E-state index in [-0.39, 0.29) is 18.2 Å². The van der Waals surface area contributed by atoms with E-state index in [0.29, 0.717) is 13.0 Å². The second kappa shape index (κ2) is 15.4. The van der Waals surface area contributed by atoms with Crippen LogP contribution in [0.5, 0.6) is 0 Å². The molecule has 0 saturated carbocycles. The van der Waals surface area contributed by atoms with Crippen LogP contribution in [0.25, 0.3) is 0 Å². The number of piperazine rings is 1. The number of nitrogens with zero attached hydrogens (tertiary/aromatic N) is 2. The van der Waals surface area contributed by atoms with Gasteiger partial charge in [0.2, 0.25) is 17.7 Å². The van der Waals surface area contributed by atoms with Gasteiger partial charge in [0.1, 0.15) is 6.04 Å². The highest BCUT2D eigenvalue weighted by Gasteiger charge is 2.23. The summed E-state index contributed by atoms with van der Waals surface area (Å²) < 4.78 is 0. The predicted molar refractivity (Wildman–Crippen MR) is 130 cm³/mol. The Morgan fingerprint density at radius 3 is 2.30 bits per heavy atom. The molecule has 1 aromatic rings. The van der Waals surface area contributed by atoms with Crippen LogP contribution in [0.2, 0.25) is 0 Å². The molecule has 0 aliphatic carbocycles. The van der Waals surface area contributed by atoms with Crippen LogP contribution in [-0.4, -0.2) is 72.8 Å². The van der Waals surface area contributed by atoms with Gasteiger partial charge in [-0.2, -0.15) is 0 Å². The number of primary amides is 1. The number of benzene rings is 1. The molecule has 4 N–H and O–H groups in total. The van der Waals surface area contributed by atoms with Crippen LogP contribution in [0, 0.1) is 0 Å². The molecular weight excluding hydrogens is 418 g/mol. The molecule has 3 amide bonds. The third-order valence-corrected chi connectivity index (χ3v) is 6.01. The van der Waals surface area contributed by atoms with Crippen molar-refractivity contribution in [3.63, 3.8) is 0 Å². The Balaban J connectivity index is 1.66. The van der Waals surface area contributed by atoms with Gasteiger partial charge in [0.25, 0.3) is 0 Å². The number of nitrogens with one attached hydrogen (secondary N) is 2. The van der Waals surface area contributed by atoms with Crippen molar-refractivity contribution in [2.24, 2.45) is 5.73 Å². The van der Waals surface area contributed by atoms with Gasteiger partial charge in [-0.25, -0.2) is 0 Å². The van der Waals surface area contributed by atoms with Crippen molar-refractivity contribution in [2.45, 2.75) is 64.5 Å². The average molecular weight is 460 g/mol.